The lowest BCUT2D eigenvalue weighted by Gasteiger charge is -2.36. The number of esters is 1. The third-order valence-corrected chi connectivity index (χ3v) is 6.63. The first-order chi connectivity index (χ1) is 13.5. The number of aryl methyl sites for hydroxylation is 1. The summed E-state index contributed by atoms with van der Waals surface area (Å²) in [6.07, 6.45) is 9.58. The number of carbonyl (C=O) groups is 1. The first kappa shape index (κ1) is 21.1. The van der Waals surface area contributed by atoms with Crippen LogP contribution >= 0.6 is 0 Å². The van der Waals surface area contributed by atoms with Crippen molar-refractivity contribution in [1.29, 1.82) is 0 Å². The summed E-state index contributed by atoms with van der Waals surface area (Å²) in [5.41, 5.74) is 0.297. The number of benzene rings is 1. The van der Waals surface area contributed by atoms with Crippen LogP contribution in [0.3, 0.4) is 0 Å². The fourth-order valence-corrected chi connectivity index (χ4v) is 4.95. The Kier molecular flexibility index (Phi) is 7.30. The van der Waals surface area contributed by atoms with Crippen molar-refractivity contribution in [2.45, 2.75) is 77.2 Å². The van der Waals surface area contributed by atoms with Gasteiger partial charge >= 0.3 is 5.97 Å². The van der Waals surface area contributed by atoms with Crippen LogP contribution < -0.4 is 4.74 Å². The Morgan fingerprint density at radius 1 is 1.04 bits per heavy atom. The van der Waals surface area contributed by atoms with Crippen molar-refractivity contribution in [1.82, 2.24) is 0 Å². The molecule has 1 saturated heterocycles. The van der Waals surface area contributed by atoms with E-state index in [4.69, 9.17) is 9.47 Å². The number of hydrogen-bond acceptors (Lipinski definition) is 3. The summed E-state index contributed by atoms with van der Waals surface area (Å²) in [6, 6.07) is 2.98. The third kappa shape index (κ3) is 4.84. The Hall–Kier alpha value is -1.65. The summed E-state index contributed by atoms with van der Waals surface area (Å²) >= 11 is 0. The van der Waals surface area contributed by atoms with E-state index >= 15 is 0 Å². The number of hydrogen-bond donors (Lipinski definition) is 0. The van der Waals surface area contributed by atoms with Crippen LogP contribution in [-0.4, -0.2) is 19.2 Å². The molecule has 2 aliphatic rings. The summed E-state index contributed by atoms with van der Waals surface area (Å²) in [5, 5.41) is 0. The molecule has 1 aromatic carbocycles. The second kappa shape index (κ2) is 9.71. The molecule has 156 valence electrons. The molecule has 1 aromatic rings. The van der Waals surface area contributed by atoms with E-state index in [1.165, 1.54) is 38.9 Å². The van der Waals surface area contributed by atoms with Gasteiger partial charge in [-0.05, 0) is 62.0 Å². The molecule has 0 aromatic heterocycles. The second-order valence-electron chi connectivity index (χ2n) is 8.41. The molecule has 0 N–H and O–H groups in total. The second-order valence-corrected chi connectivity index (χ2v) is 8.41. The largest absolute Gasteiger partial charge is 0.494 e. The average Bonchev–Trinajstić information content (AvgIpc) is 2.70. The van der Waals surface area contributed by atoms with Gasteiger partial charge in [0.25, 0.3) is 0 Å². The fourth-order valence-electron chi connectivity index (χ4n) is 4.95. The van der Waals surface area contributed by atoms with Gasteiger partial charge in [-0.1, -0.05) is 38.7 Å². The Balaban J connectivity index is 1.48. The van der Waals surface area contributed by atoms with E-state index in [1.54, 1.807) is 6.07 Å². The Bertz CT molecular complexity index is 668. The summed E-state index contributed by atoms with van der Waals surface area (Å²) < 4.78 is 38.4. The summed E-state index contributed by atoms with van der Waals surface area (Å²) in [4.78, 5) is 12.6. The van der Waals surface area contributed by atoms with Gasteiger partial charge in [-0.25, -0.2) is 4.39 Å². The average molecular weight is 395 g/mol. The van der Waals surface area contributed by atoms with Gasteiger partial charge in [0.05, 0.1) is 13.0 Å². The predicted molar refractivity (Wildman–Crippen MR) is 104 cm³/mol. The molecule has 3 rings (SSSR count). The lowest BCUT2D eigenvalue weighted by atomic mass is 9.72. The lowest BCUT2D eigenvalue weighted by molar-refractivity contribution is -0.164. The highest BCUT2D eigenvalue weighted by atomic mass is 19.2. The van der Waals surface area contributed by atoms with Crippen molar-refractivity contribution in [2.75, 3.05) is 7.11 Å². The van der Waals surface area contributed by atoms with E-state index in [2.05, 4.69) is 6.92 Å². The van der Waals surface area contributed by atoms with Crippen LogP contribution in [-0.2, 0) is 16.0 Å². The first-order valence-corrected chi connectivity index (χ1v) is 10.7. The highest BCUT2D eigenvalue weighted by molar-refractivity contribution is 5.73. The van der Waals surface area contributed by atoms with Gasteiger partial charge in [-0.2, -0.15) is 4.39 Å². The van der Waals surface area contributed by atoms with E-state index in [-0.39, 0.29) is 23.7 Å². The van der Waals surface area contributed by atoms with Crippen molar-refractivity contribution in [3.05, 3.63) is 29.3 Å². The number of methoxy groups -OCH3 is 1. The molecule has 2 fully saturated rings. The van der Waals surface area contributed by atoms with E-state index < -0.39 is 11.6 Å². The zero-order valence-corrected chi connectivity index (χ0v) is 17.0. The SMILES string of the molecule is CCCC1CCC(C2CCC(CCc3ccc(OC)c(F)c3F)OC2=O)CC1. The minimum atomic E-state index is -0.959. The van der Waals surface area contributed by atoms with E-state index in [1.807, 2.05) is 0 Å². The fraction of sp³-hybridized carbons (Fsp3) is 0.696. The normalized spacial score (nSPS) is 28.1. The van der Waals surface area contributed by atoms with Gasteiger partial charge in [-0.15, -0.1) is 0 Å². The molecule has 28 heavy (non-hydrogen) atoms. The van der Waals surface area contributed by atoms with Crippen molar-refractivity contribution in [2.24, 2.45) is 17.8 Å². The van der Waals surface area contributed by atoms with Gasteiger partial charge in [0.1, 0.15) is 6.10 Å². The molecule has 1 aliphatic carbocycles. The molecule has 2 unspecified atom stereocenters. The molecule has 1 aliphatic heterocycles. The van der Waals surface area contributed by atoms with E-state index in [9.17, 15) is 13.6 Å². The van der Waals surface area contributed by atoms with Gasteiger partial charge in [0, 0.05) is 0 Å². The zero-order chi connectivity index (χ0) is 20.1. The molecular formula is C23H32F2O3. The number of carbonyl (C=O) groups excluding carboxylic acids is 1. The Morgan fingerprint density at radius 2 is 1.79 bits per heavy atom. The predicted octanol–water partition coefficient (Wildman–Crippen LogP) is 5.83. The molecule has 0 amide bonds. The topological polar surface area (TPSA) is 35.5 Å². The highest BCUT2D eigenvalue weighted by Gasteiger charge is 2.37. The van der Waals surface area contributed by atoms with Crippen molar-refractivity contribution in [3.8, 4) is 5.75 Å². The summed E-state index contributed by atoms with van der Waals surface area (Å²) in [5.74, 6) is -0.710. The summed E-state index contributed by atoms with van der Waals surface area (Å²) in [6.45, 7) is 2.23. The van der Waals surface area contributed by atoms with Crippen LogP contribution in [0.4, 0.5) is 8.78 Å². The highest BCUT2D eigenvalue weighted by Crippen LogP contribution is 2.40. The quantitative estimate of drug-likeness (QED) is 0.546. The number of ether oxygens (including phenoxy) is 2. The van der Waals surface area contributed by atoms with Crippen LogP contribution in [0.2, 0.25) is 0 Å². The maximum Gasteiger partial charge on any atom is 0.309 e. The monoisotopic (exact) mass is 394 g/mol. The Morgan fingerprint density at radius 3 is 2.43 bits per heavy atom. The minimum Gasteiger partial charge on any atom is -0.494 e. The zero-order valence-electron chi connectivity index (χ0n) is 17.0. The minimum absolute atomic E-state index is 0.0222. The molecule has 2 atom stereocenters. The standard InChI is InChI=1S/C23H32F2O3/c1-3-4-15-5-7-16(8-6-15)19-13-12-18(28-23(19)26)11-9-17-10-14-20(27-2)22(25)21(17)24/h10,14-16,18-19H,3-9,11-13H2,1-2H3. The van der Waals surface area contributed by atoms with Crippen LogP contribution in [0.25, 0.3) is 0 Å². The molecular weight excluding hydrogens is 362 g/mol. The van der Waals surface area contributed by atoms with Crippen molar-refractivity contribution >= 4 is 5.97 Å². The molecule has 3 nitrogen and oxygen atoms in total. The molecule has 0 spiro atoms. The summed E-state index contributed by atoms with van der Waals surface area (Å²) in [7, 11) is 1.31. The Labute approximate surface area is 166 Å². The molecule has 1 saturated carbocycles. The van der Waals surface area contributed by atoms with Gasteiger partial charge in [0.2, 0.25) is 5.82 Å². The van der Waals surface area contributed by atoms with Crippen LogP contribution in [0, 0.1) is 29.4 Å². The molecule has 5 heteroatoms. The van der Waals surface area contributed by atoms with Gasteiger partial charge in [-0.3, -0.25) is 4.79 Å². The number of cyclic esters (lactones) is 1. The van der Waals surface area contributed by atoms with Gasteiger partial charge in [0.15, 0.2) is 11.6 Å². The number of rotatable bonds is 7. The van der Waals surface area contributed by atoms with Crippen molar-refractivity contribution in [3.63, 3.8) is 0 Å². The van der Waals surface area contributed by atoms with Crippen LogP contribution in [0.15, 0.2) is 12.1 Å². The molecule has 1 heterocycles. The maximum atomic E-state index is 14.1. The smallest absolute Gasteiger partial charge is 0.309 e. The maximum absolute atomic E-state index is 14.1. The van der Waals surface area contributed by atoms with Crippen LogP contribution in [0.5, 0.6) is 5.75 Å². The van der Waals surface area contributed by atoms with E-state index in [0.717, 1.165) is 31.6 Å². The lowest BCUT2D eigenvalue weighted by Crippen LogP contribution is -2.37. The van der Waals surface area contributed by atoms with E-state index in [0.29, 0.717) is 24.3 Å². The molecule has 0 bridgehead atoms. The van der Waals surface area contributed by atoms with Gasteiger partial charge < -0.3 is 9.47 Å². The third-order valence-electron chi connectivity index (χ3n) is 6.63. The number of halogens is 2. The van der Waals surface area contributed by atoms with Crippen molar-refractivity contribution < 1.29 is 23.0 Å². The molecule has 0 radical (unpaired) electrons. The van der Waals surface area contributed by atoms with Crippen LogP contribution in [0.1, 0.15) is 70.3 Å². The first-order valence-electron chi connectivity index (χ1n) is 10.7.